The first-order chi connectivity index (χ1) is 10.5. The molecule has 1 aliphatic rings. The molecule has 0 bridgehead atoms. The standard InChI is InChI=1S/C15H23N3O3S/c1-2-12-22(20,21)18-10-8-17(9-11-18)14(15(16)19)13-6-4-3-5-7-13/h3-7,14H,2,8-12H2,1H3,(H2,16,19)/t14-/m1/s1. The van der Waals surface area contributed by atoms with Crippen LogP contribution in [0.1, 0.15) is 24.9 Å². The van der Waals surface area contributed by atoms with Crippen molar-refractivity contribution < 1.29 is 13.2 Å². The molecule has 6 nitrogen and oxygen atoms in total. The molecule has 1 aromatic rings. The zero-order chi connectivity index (χ0) is 16.2. The van der Waals surface area contributed by atoms with Gasteiger partial charge in [-0.1, -0.05) is 37.3 Å². The molecule has 22 heavy (non-hydrogen) atoms. The zero-order valence-electron chi connectivity index (χ0n) is 12.8. The maximum atomic E-state index is 12.1. The maximum absolute atomic E-state index is 12.1. The van der Waals surface area contributed by atoms with Gasteiger partial charge in [-0.15, -0.1) is 0 Å². The summed E-state index contributed by atoms with van der Waals surface area (Å²) in [7, 11) is -3.18. The summed E-state index contributed by atoms with van der Waals surface area (Å²) in [6, 6.07) is 8.86. The van der Waals surface area contributed by atoms with E-state index in [-0.39, 0.29) is 5.75 Å². The summed E-state index contributed by atoms with van der Waals surface area (Å²) in [6.07, 6.45) is 0.608. The van der Waals surface area contributed by atoms with Crippen molar-refractivity contribution in [2.75, 3.05) is 31.9 Å². The summed E-state index contributed by atoms with van der Waals surface area (Å²) in [6.45, 7) is 3.67. The molecule has 0 saturated carbocycles. The second-order valence-electron chi connectivity index (χ2n) is 5.47. The third-order valence-corrected chi connectivity index (χ3v) is 5.95. The van der Waals surface area contributed by atoms with Crippen LogP contribution in [0.25, 0.3) is 0 Å². The van der Waals surface area contributed by atoms with Crippen LogP contribution < -0.4 is 5.73 Å². The van der Waals surface area contributed by atoms with Gasteiger partial charge in [0, 0.05) is 26.2 Å². The third kappa shape index (κ3) is 3.85. The van der Waals surface area contributed by atoms with Crippen molar-refractivity contribution >= 4 is 15.9 Å². The number of piperazine rings is 1. The number of hydrogen-bond donors (Lipinski definition) is 1. The van der Waals surface area contributed by atoms with E-state index in [0.717, 1.165) is 5.56 Å². The van der Waals surface area contributed by atoms with Crippen LogP contribution in [0.15, 0.2) is 30.3 Å². The smallest absolute Gasteiger partial charge is 0.239 e. The highest BCUT2D eigenvalue weighted by Gasteiger charge is 2.32. The number of hydrogen-bond acceptors (Lipinski definition) is 4. The first-order valence-corrected chi connectivity index (χ1v) is 9.12. The maximum Gasteiger partial charge on any atom is 0.239 e. The van der Waals surface area contributed by atoms with Crippen LogP contribution in [-0.2, 0) is 14.8 Å². The quantitative estimate of drug-likeness (QED) is 0.829. The predicted octanol–water partition coefficient (Wildman–Crippen LogP) is 0.570. The van der Waals surface area contributed by atoms with E-state index >= 15 is 0 Å². The summed E-state index contributed by atoms with van der Waals surface area (Å²) in [5.41, 5.74) is 6.40. The molecule has 1 saturated heterocycles. The van der Waals surface area contributed by atoms with Crippen LogP contribution in [0.3, 0.4) is 0 Å². The van der Waals surface area contributed by atoms with Gasteiger partial charge < -0.3 is 5.73 Å². The van der Waals surface area contributed by atoms with E-state index in [4.69, 9.17) is 5.73 Å². The molecule has 1 amide bonds. The summed E-state index contributed by atoms with van der Waals surface area (Å²) in [5.74, 6) is -0.235. The molecule has 0 aromatic heterocycles. The number of nitrogens with two attached hydrogens (primary N) is 1. The molecular weight excluding hydrogens is 302 g/mol. The molecule has 1 fully saturated rings. The van der Waals surface area contributed by atoms with Gasteiger partial charge in [0.1, 0.15) is 6.04 Å². The number of benzene rings is 1. The number of nitrogens with zero attached hydrogens (tertiary/aromatic N) is 2. The highest BCUT2D eigenvalue weighted by atomic mass is 32.2. The molecule has 0 aliphatic carbocycles. The lowest BCUT2D eigenvalue weighted by Gasteiger charge is -2.37. The lowest BCUT2D eigenvalue weighted by Crippen LogP contribution is -2.52. The van der Waals surface area contributed by atoms with Gasteiger partial charge in [0.15, 0.2) is 0 Å². The summed E-state index contributed by atoms with van der Waals surface area (Å²) in [4.78, 5) is 13.8. The SMILES string of the molecule is CCCS(=O)(=O)N1CCN([C@@H](C(N)=O)c2ccccc2)CC1. The van der Waals surface area contributed by atoms with Gasteiger partial charge in [0.2, 0.25) is 15.9 Å². The normalized spacial score (nSPS) is 19.0. The van der Waals surface area contributed by atoms with E-state index < -0.39 is 22.0 Å². The number of sulfonamides is 1. The monoisotopic (exact) mass is 325 g/mol. The van der Waals surface area contributed by atoms with Gasteiger partial charge in [-0.05, 0) is 12.0 Å². The van der Waals surface area contributed by atoms with Crippen LogP contribution in [0, 0.1) is 0 Å². The molecule has 7 heteroatoms. The fourth-order valence-electron chi connectivity index (χ4n) is 2.82. The van der Waals surface area contributed by atoms with Gasteiger partial charge in [-0.25, -0.2) is 8.42 Å². The molecule has 2 N–H and O–H groups in total. The average molecular weight is 325 g/mol. The Hall–Kier alpha value is -1.44. The van der Waals surface area contributed by atoms with Crippen LogP contribution in [0.5, 0.6) is 0 Å². The van der Waals surface area contributed by atoms with Crippen LogP contribution in [0.4, 0.5) is 0 Å². The Morgan fingerprint density at radius 3 is 2.27 bits per heavy atom. The minimum absolute atomic E-state index is 0.172. The average Bonchev–Trinajstić information content (AvgIpc) is 2.49. The number of carbonyl (C=O) groups excluding carboxylic acids is 1. The van der Waals surface area contributed by atoms with Crippen molar-refractivity contribution in [2.45, 2.75) is 19.4 Å². The van der Waals surface area contributed by atoms with Gasteiger partial charge in [-0.3, -0.25) is 9.69 Å². The fourth-order valence-corrected chi connectivity index (χ4v) is 4.31. The Labute approximate surface area is 131 Å². The summed E-state index contributed by atoms with van der Waals surface area (Å²) in [5, 5.41) is 0. The van der Waals surface area contributed by atoms with Crippen LogP contribution in [0.2, 0.25) is 0 Å². The van der Waals surface area contributed by atoms with E-state index in [2.05, 4.69) is 0 Å². The first kappa shape index (κ1) is 16.9. The third-order valence-electron chi connectivity index (χ3n) is 3.88. The molecule has 0 spiro atoms. The van der Waals surface area contributed by atoms with E-state index in [1.165, 1.54) is 4.31 Å². The van der Waals surface area contributed by atoms with E-state index in [0.29, 0.717) is 32.6 Å². The van der Waals surface area contributed by atoms with Crippen molar-refractivity contribution in [1.29, 1.82) is 0 Å². The lowest BCUT2D eigenvalue weighted by molar-refractivity contribution is -0.124. The van der Waals surface area contributed by atoms with Gasteiger partial charge >= 0.3 is 0 Å². The van der Waals surface area contributed by atoms with Crippen molar-refractivity contribution in [3.8, 4) is 0 Å². The largest absolute Gasteiger partial charge is 0.368 e. The minimum Gasteiger partial charge on any atom is -0.368 e. The van der Waals surface area contributed by atoms with E-state index in [1.807, 2.05) is 42.2 Å². The van der Waals surface area contributed by atoms with Crippen LogP contribution in [-0.4, -0.2) is 55.5 Å². The Kier molecular flexibility index (Phi) is 5.55. The number of primary amides is 1. The topological polar surface area (TPSA) is 83.7 Å². The van der Waals surface area contributed by atoms with Gasteiger partial charge in [-0.2, -0.15) is 4.31 Å². The van der Waals surface area contributed by atoms with E-state index in [1.54, 1.807) is 0 Å². The van der Waals surface area contributed by atoms with Crippen molar-refractivity contribution in [3.63, 3.8) is 0 Å². The molecule has 1 aromatic carbocycles. The molecule has 1 aliphatic heterocycles. The second kappa shape index (κ2) is 7.21. The summed E-state index contributed by atoms with van der Waals surface area (Å²) >= 11 is 0. The molecule has 1 heterocycles. The molecule has 0 radical (unpaired) electrons. The van der Waals surface area contributed by atoms with Crippen molar-refractivity contribution in [1.82, 2.24) is 9.21 Å². The molecule has 1 atom stereocenters. The highest BCUT2D eigenvalue weighted by molar-refractivity contribution is 7.89. The van der Waals surface area contributed by atoms with Gasteiger partial charge in [0.05, 0.1) is 5.75 Å². The number of rotatable bonds is 6. The van der Waals surface area contributed by atoms with Crippen LogP contribution >= 0.6 is 0 Å². The first-order valence-electron chi connectivity index (χ1n) is 7.52. The highest BCUT2D eigenvalue weighted by Crippen LogP contribution is 2.22. The Balaban J connectivity index is 2.08. The Bertz CT molecular complexity index is 596. The molecule has 122 valence electrons. The Morgan fingerprint density at radius 2 is 1.77 bits per heavy atom. The second-order valence-corrected chi connectivity index (χ2v) is 7.56. The fraction of sp³-hybridized carbons (Fsp3) is 0.533. The lowest BCUT2D eigenvalue weighted by atomic mass is 10.0. The van der Waals surface area contributed by atoms with Crippen molar-refractivity contribution in [3.05, 3.63) is 35.9 Å². The molecular formula is C15H23N3O3S. The number of carbonyl (C=O) groups is 1. The Morgan fingerprint density at radius 1 is 1.18 bits per heavy atom. The molecule has 2 rings (SSSR count). The van der Waals surface area contributed by atoms with E-state index in [9.17, 15) is 13.2 Å². The summed E-state index contributed by atoms with van der Waals surface area (Å²) < 4.78 is 25.7. The number of amides is 1. The minimum atomic E-state index is -3.18. The van der Waals surface area contributed by atoms with Crippen molar-refractivity contribution in [2.24, 2.45) is 5.73 Å². The predicted molar refractivity (Wildman–Crippen MR) is 85.6 cm³/mol. The van der Waals surface area contributed by atoms with Gasteiger partial charge in [0.25, 0.3) is 0 Å². The molecule has 0 unspecified atom stereocenters. The zero-order valence-corrected chi connectivity index (χ0v) is 13.6.